The number of nitrogens with one attached hydrogen (secondary N) is 1. The standard InChI is InChI=1S/C23H36N2O5Si/c1-8-29-20(27)10-9-16-13-17(25-12-11-19(26)24-22(25)28)14-18(16)21(30-31(6)7)23(4,5)15(2)3/h9-13,15,17-18,21,31H,8,14H2,1-7H3,(H,24,26,28). The maximum Gasteiger partial charge on any atom is 0.330 e. The van der Waals surface area contributed by atoms with Crippen molar-refractivity contribution in [2.45, 2.75) is 66.3 Å². The summed E-state index contributed by atoms with van der Waals surface area (Å²) in [5.74, 6) is -0.0252. The lowest BCUT2D eigenvalue weighted by molar-refractivity contribution is -0.137. The molecule has 172 valence electrons. The molecule has 0 fully saturated rings. The molecular formula is C23H36N2O5Si. The van der Waals surface area contributed by atoms with E-state index in [1.807, 2.05) is 6.08 Å². The Morgan fingerprint density at radius 2 is 2.03 bits per heavy atom. The summed E-state index contributed by atoms with van der Waals surface area (Å²) in [5.41, 5.74) is -0.0365. The van der Waals surface area contributed by atoms with Crippen molar-refractivity contribution in [1.29, 1.82) is 0 Å². The van der Waals surface area contributed by atoms with E-state index in [4.69, 9.17) is 9.16 Å². The first-order valence-corrected chi connectivity index (χ1v) is 13.8. The highest BCUT2D eigenvalue weighted by atomic mass is 28.3. The fourth-order valence-electron chi connectivity index (χ4n) is 3.94. The highest BCUT2D eigenvalue weighted by molar-refractivity contribution is 6.48. The molecule has 1 N–H and O–H groups in total. The summed E-state index contributed by atoms with van der Waals surface area (Å²) < 4.78 is 13.2. The van der Waals surface area contributed by atoms with Crippen LogP contribution in [-0.2, 0) is 14.0 Å². The second-order valence-electron chi connectivity index (χ2n) is 9.26. The van der Waals surface area contributed by atoms with Gasteiger partial charge in [0.2, 0.25) is 0 Å². The Morgan fingerprint density at radius 1 is 1.35 bits per heavy atom. The molecule has 0 aliphatic heterocycles. The van der Waals surface area contributed by atoms with Gasteiger partial charge in [-0.1, -0.05) is 39.8 Å². The lowest BCUT2D eigenvalue weighted by Gasteiger charge is -2.43. The number of carbonyl (C=O) groups is 1. The molecule has 0 radical (unpaired) electrons. The number of esters is 1. The van der Waals surface area contributed by atoms with Crippen molar-refractivity contribution in [3.8, 4) is 0 Å². The van der Waals surface area contributed by atoms with Gasteiger partial charge in [-0.05, 0) is 43.3 Å². The van der Waals surface area contributed by atoms with Gasteiger partial charge in [-0.25, -0.2) is 9.59 Å². The molecule has 0 spiro atoms. The second-order valence-corrected chi connectivity index (χ2v) is 11.6. The third-order valence-corrected chi connectivity index (χ3v) is 7.06. The molecule has 31 heavy (non-hydrogen) atoms. The normalized spacial score (nSPS) is 20.5. The highest BCUT2D eigenvalue weighted by Gasteiger charge is 2.43. The smallest absolute Gasteiger partial charge is 0.330 e. The maximum atomic E-state index is 12.4. The van der Waals surface area contributed by atoms with Crippen LogP contribution in [0.15, 0.2) is 45.7 Å². The van der Waals surface area contributed by atoms with Gasteiger partial charge in [0, 0.05) is 24.3 Å². The van der Waals surface area contributed by atoms with Crippen molar-refractivity contribution in [3.05, 3.63) is 56.9 Å². The lowest BCUT2D eigenvalue weighted by atomic mass is 9.70. The van der Waals surface area contributed by atoms with Gasteiger partial charge < -0.3 is 9.16 Å². The quantitative estimate of drug-likeness (QED) is 0.356. The van der Waals surface area contributed by atoms with Crippen molar-refractivity contribution >= 4 is 15.0 Å². The van der Waals surface area contributed by atoms with Gasteiger partial charge in [-0.15, -0.1) is 0 Å². The molecule has 1 aliphatic carbocycles. The fourth-order valence-corrected chi connectivity index (χ4v) is 5.06. The molecule has 0 aromatic carbocycles. The molecular weight excluding hydrogens is 412 g/mol. The molecule has 0 bridgehead atoms. The minimum absolute atomic E-state index is 0.00167. The average Bonchev–Trinajstić information content (AvgIpc) is 3.07. The summed E-state index contributed by atoms with van der Waals surface area (Å²) in [4.78, 5) is 38.2. The third-order valence-electron chi connectivity index (χ3n) is 6.22. The Balaban J connectivity index is 2.51. The Hall–Kier alpha value is -2.19. The first-order chi connectivity index (χ1) is 14.5. The van der Waals surface area contributed by atoms with Crippen molar-refractivity contribution < 1.29 is 14.0 Å². The Labute approximate surface area is 185 Å². The number of ether oxygens (including phenoxy) is 1. The van der Waals surface area contributed by atoms with Crippen LogP contribution in [0.2, 0.25) is 13.1 Å². The molecule has 1 heterocycles. The summed E-state index contributed by atoms with van der Waals surface area (Å²) in [6, 6.07) is 1.11. The molecule has 3 atom stereocenters. The first kappa shape index (κ1) is 25.1. The molecule has 3 unspecified atom stereocenters. The zero-order chi connectivity index (χ0) is 23.3. The number of H-pyrrole nitrogens is 1. The van der Waals surface area contributed by atoms with E-state index < -0.39 is 26.3 Å². The second kappa shape index (κ2) is 10.4. The number of carbonyl (C=O) groups excluding carboxylic acids is 1. The summed E-state index contributed by atoms with van der Waals surface area (Å²) in [5, 5.41) is 0. The van der Waals surface area contributed by atoms with Crippen LogP contribution in [0.25, 0.3) is 0 Å². The molecule has 0 saturated carbocycles. The Kier molecular flexibility index (Phi) is 8.42. The molecule has 0 saturated heterocycles. The monoisotopic (exact) mass is 448 g/mol. The molecule has 1 aromatic heterocycles. The molecule has 1 aliphatic rings. The van der Waals surface area contributed by atoms with Crippen molar-refractivity contribution in [1.82, 2.24) is 9.55 Å². The van der Waals surface area contributed by atoms with Crippen molar-refractivity contribution in [3.63, 3.8) is 0 Å². The number of hydrogen-bond donors (Lipinski definition) is 1. The van der Waals surface area contributed by atoms with E-state index in [9.17, 15) is 14.4 Å². The molecule has 0 amide bonds. The van der Waals surface area contributed by atoms with Crippen molar-refractivity contribution in [2.75, 3.05) is 6.61 Å². The van der Waals surface area contributed by atoms with Crippen LogP contribution < -0.4 is 11.2 Å². The van der Waals surface area contributed by atoms with E-state index in [0.29, 0.717) is 18.9 Å². The summed E-state index contributed by atoms with van der Waals surface area (Å²) in [6.07, 6.45) is 7.32. The highest BCUT2D eigenvalue weighted by Crippen LogP contribution is 2.45. The van der Waals surface area contributed by atoms with Crippen molar-refractivity contribution in [2.24, 2.45) is 17.3 Å². The summed E-state index contributed by atoms with van der Waals surface area (Å²) >= 11 is 0. The minimum Gasteiger partial charge on any atom is -0.463 e. The fraction of sp³-hybridized carbons (Fsp3) is 0.609. The van der Waals surface area contributed by atoms with Gasteiger partial charge in [-0.3, -0.25) is 14.3 Å². The van der Waals surface area contributed by atoms with Crippen LogP contribution in [0.4, 0.5) is 0 Å². The number of allylic oxidation sites excluding steroid dienone is 2. The Bertz CT molecular complexity index is 942. The van der Waals surface area contributed by atoms with Gasteiger partial charge in [-0.2, -0.15) is 0 Å². The van der Waals surface area contributed by atoms with Gasteiger partial charge in [0.1, 0.15) is 0 Å². The van der Waals surface area contributed by atoms with Crippen LogP contribution >= 0.6 is 0 Å². The average molecular weight is 449 g/mol. The largest absolute Gasteiger partial charge is 0.463 e. The van der Waals surface area contributed by atoms with Crippen LogP contribution in [0.3, 0.4) is 0 Å². The molecule has 2 rings (SSSR count). The zero-order valence-electron chi connectivity index (χ0n) is 19.7. The number of rotatable bonds is 9. The molecule has 8 heteroatoms. The maximum absolute atomic E-state index is 12.4. The summed E-state index contributed by atoms with van der Waals surface area (Å²) in [7, 11) is -1.37. The number of aromatic amines is 1. The summed E-state index contributed by atoms with van der Waals surface area (Å²) in [6.45, 7) is 15.2. The number of hydrogen-bond acceptors (Lipinski definition) is 5. The number of aromatic nitrogens is 2. The van der Waals surface area contributed by atoms with Gasteiger partial charge in [0.15, 0.2) is 9.04 Å². The lowest BCUT2D eigenvalue weighted by Crippen LogP contribution is -2.44. The first-order valence-electron chi connectivity index (χ1n) is 11.0. The van der Waals surface area contributed by atoms with Crippen LogP contribution in [0.5, 0.6) is 0 Å². The predicted octanol–water partition coefficient (Wildman–Crippen LogP) is 3.19. The molecule has 7 nitrogen and oxygen atoms in total. The van der Waals surface area contributed by atoms with Gasteiger partial charge in [0.05, 0.1) is 18.8 Å². The van der Waals surface area contributed by atoms with Crippen LogP contribution in [-0.4, -0.2) is 37.3 Å². The van der Waals surface area contributed by atoms with Gasteiger partial charge >= 0.3 is 11.7 Å². The van der Waals surface area contributed by atoms with E-state index in [1.54, 1.807) is 13.0 Å². The van der Waals surface area contributed by atoms with E-state index in [-0.39, 0.29) is 23.5 Å². The van der Waals surface area contributed by atoms with Crippen LogP contribution in [0, 0.1) is 17.3 Å². The van der Waals surface area contributed by atoms with E-state index in [1.165, 1.54) is 22.9 Å². The van der Waals surface area contributed by atoms with E-state index in [0.717, 1.165) is 5.57 Å². The topological polar surface area (TPSA) is 90.4 Å². The minimum atomic E-state index is -1.37. The Morgan fingerprint density at radius 3 is 2.58 bits per heavy atom. The van der Waals surface area contributed by atoms with E-state index >= 15 is 0 Å². The zero-order valence-corrected chi connectivity index (χ0v) is 20.8. The SMILES string of the molecule is CCOC(=O)C=CC1=CC(n2ccc(=O)[nH]c2=O)CC1C(O[SiH](C)C)C(C)(C)C(C)C. The third kappa shape index (κ3) is 6.17. The number of nitrogens with zero attached hydrogens (tertiary/aromatic N) is 1. The van der Waals surface area contributed by atoms with E-state index in [2.05, 4.69) is 45.8 Å². The predicted molar refractivity (Wildman–Crippen MR) is 125 cm³/mol. The van der Waals surface area contributed by atoms with Gasteiger partial charge in [0.25, 0.3) is 5.56 Å². The van der Waals surface area contributed by atoms with Crippen LogP contribution in [0.1, 0.15) is 47.1 Å². The molecule has 1 aromatic rings.